The predicted molar refractivity (Wildman–Crippen MR) is 98.6 cm³/mol. The second-order valence-electron chi connectivity index (χ2n) is 6.42. The topological polar surface area (TPSA) is 52.6 Å². The van der Waals surface area contributed by atoms with Crippen molar-refractivity contribution >= 4 is 17.5 Å². The third kappa shape index (κ3) is 3.73. The SMILES string of the molecule is COC(=O)/C=C(/C(=O)OC)c1cc(C)c2cc(C(C)C)ccc(C)c1-2. The van der Waals surface area contributed by atoms with Gasteiger partial charge >= 0.3 is 11.9 Å². The van der Waals surface area contributed by atoms with Crippen LogP contribution in [0.5, 0.6) is 0 Å². The molecule has 0 unspecified atom stereocenters. The number of carbonyl (C=O) groups is 2. The van der Waals surface area contributed by atoms with Crippen LogP contribution in [0.25, 0.3) is 16.7 Å². The van der Waals surface area contributed by atoms with Crippen LogP contribution >= 0.6 is 0 Å². The van der Waals surface area contributed by atoms with Crippen molar-refractivity contribution in [2.24, 2.45) is 0 Å². The molecule has 0 aromatic rings. The molecule has 4 heteroatoms. The lowest BCUT2D eigenvalue weighted by Gasteiger charge is -2.08. The quantitative estimate of drug-likeness (QED) is 0.616. The number of hydrogen-bond donors (Lipinski definition) is 0. The number of ether oxygens (including phenoxy) is 2. The summed E-state index contributed by atoms with van der Waals surface area (Å²) < 4.78 is 9.57. The van der Waals surface area contributed by atoms with Crippen molar-refractivity contribution in [1.82, 2.24) is 0 Å². The number of aryl methyl sites for hydroxylation is 2. The number of rotatable bonds is 4. The first-order valence-electron chi connectivity index (χ1n) is 8.22. The van der Waals surface area contributed by atoms with Crippen LogP contribution in [0.3, 0.4) is 0 Å². The Balaban J connectivity index is 2.77. The number of hydrogen-bond acceptors (Lipinski definition) is 4. The second-order valence-corrected chi connectivity index (χ2v) is 6.42. The van der Waals surface area contributed by atoms with E-state index >= 15 is 0 Å². The zero-order valence-corrected chi connectivity index (χ0v) is 15.6. The number of fused-ring (bicyclic) bond motifs is 1. The highest BCUT2D eigenvalue weighted by Gasteiger charge is 2.24. The van der Waals surface area contributed by atoms with Crippen molar-refractivity contribution in [2.45, 2.75) is 33.6 Å². The molecular weight excluding hydrogens is 316 g/mol. The molecule has 132 valence electrons. The van der Waals surface area contributed by atoms with Gasteiger partial charge in [0.2, 0.25) is 0 Å². The van der Waals surface area contributed by atoms with Crippen LogP contribution in [0.1, 0.15) is 42.0 Å². The molecule has 2 aliphatic carbocycles. The molecule has 0 atom stereocenters. The molecular formula is C21H24O4. The molecule has 0 aromatic heterocycles. The third-order valence-electron chi connectivity index (χ3n) is 4.38. The highest BCUT2D eigenvalue weighted by atomic mass is 16.5. The van der Waals surface area contributed by atoms with Crippen LogP contribution in [0, 0.1) is 13.8 Å². The van der Waals surface area contributed by atoms with Gasteiger partial charge in [-0.2, -0.15) is 0 Å². The molecule has 2 aliphatic rings. The summed E-state index contributed by atoms with van der Waals surface area (Å²) in [6, 6.07) is 8.23. The first kappa shape index (κ1) is 18.7. The van der Waals surface area contributed by atoms with Crippen molar-refractivity contribution in [1.29, 1.82) is 0 Å². The zero-order valence-electron chi connectivity index (χ0n) is 15.6. The van der Waals surface area contributed by atoms with Gasteiger partial charge in [0.05, 0.1) is 19.8 Å². The van der Waals surface area contributed by atoms with E-state index in [1.807, 2.05) is 26.0 Å². The van der Waals surface area contributed by atoms with Gasteiger partial charge in [-0.3, -0.25) is 0 Å². The van der Waals surface area contributed by atoms with Gasteiger partial charge in [-0.05, 0) is 59.2 Å². The molecule has 0 bridgehead atoms. The lowest BCUT2D eigenvalue weighted by molar-refractivity contribution is -0.136. The summed E-state index contributed by atoms with van der Waals surface area (Å²) in [5.74, 6) is -0.765. The molecule has 4 nitrogen and oxygen atoms in total. The lowest BCUT2D eigenvalue weighted by atomic mass is 9.97. The maximum Gasteiger partial charge on any atom is 0.338 e. The van der Waals surface area contributed by atoms with E-state index in [0.29, 0.717) is 11.5 Å². The molecule has 0 aromatic carbocycles. The highest BCUT2D eigenvalue weighted by molar-refractivity contribution is 6.22. The van der Waals surface area contributed by atoms with E-state index in [0.717, 1.165) is 22.3 Å². The van der Waals surface area contributed by atoms with E-state index in [1.54, 1.807) is 0 Å². The Morgan fingerprint density at radius 2 is 1.68 bits per heavy atom. The lowest BCUT2D eigenvalue weighted by Crippen LogP contribution is -2.07. The molecule has 0 saturated carbocycles. The number of esters is 2. The van der Waals surface area contributed by atoms with Gasteiger partial charge in [0.1, 0.15) is 0 Å². The number of methoxy groups -OCH3 is 2. The van der Waals surface area contributed by atoms with Crippen molar-refractivity contribution in [2.75, 3.05) is 14.2 Å². The van der Waals surface area contributed by atoms with Crippen LogP contribution in [-0.2, 0) is 19.1 Å². The van der Waals surface area contributed by atoms with E-state index in [-0.39, 0.29) is 5.57 Å². The Labute approximate surface area is 148 Å². The molecule has 0 heterocycles. The van der Waals surface area contributed by atoms with E-state index in [2.05, 4.69) is 26.0 Å². The van der Waals surface area contributed by atoms with Gasteiger partial charge < -0.3 is 9.47 Å². The first-order chi connectivity index (χ1) is 11.8. The molecule has 0 spiro atoms. The summed E-state index contributed by atoms with van der Waals surface area (Å²) >= 11 is 0. The van der Waals surface area contributed by atoms with Crippen LogP contribution < -0.4 is 0 Å². The Morgan fingerprint density at radius 3 is 2.24 bits per heavy atom. The minimum Gasteiger partial charge on any atom is -0.466 e. The van der Waals surface area contributed by atoms with E-state index in [1.165, 1.54) is 25.9 Å². The van der Waals surface area contributed by atoms with Gasteiger partial charge in [0.25, 0.3) is 0 Å². The summed E-state index contributed by atoms with van der Waals surface area (Å²) in [4.78, 5) is 24.0. The third-order valence-corrected chi connectivity index (χ3v) is 4.38. The Hall–Kier alpha value is -2.62. The molecule has 25 heavy (non-hydrogen) atoms. The minimum atomic E-state index is -0.590. The Morgan fingerprint density at radius 1 is 1.00 bits per heavy atom. The smallest absolute Gasteiger partial charge is 0.338 e. The maximum atomic E-state index is 12.3. The predicted octanol–water partition coefficient (Wildman–Crippen LogP) is 4.26. The second kappa shape index (κ2) is 7.51. The van der Waals surface area contributed by atoms with Gasteiger partial charge in [-0.1, -0.05) is 32.0 Å². The Kier molecular flexibility index (Phi) is 5.62. The van der Waals surface area contributed by atoms with Gasteiger partial charge in [-0.15, -0.1) is 0 Å². The molecule has 0 N–H and O–H groups in total. The minimum absolute atomic E-state index is 0.202. The summed E-state index contributed by atoms with van der Waals surface area (Å²) in [6.45, 7) is 8.30. The van der Waals surface area contributed by atoms with Crippen molar-refractivity contribution in [3.63, 3.8) is 0 Å². The number of carbonyl (C=O) groups excluding carboxylic acids is 2. The molecule has 0 radical (unpaired) electrons. The molecule has 2 rings (SSSR count). The van der Waals surface area contributed by atoms with Crippen LogP contribution in [0.15, 0.2) is 30.3 Å². The van der Waals surface area contributed by atoms with Gasteiger partial charge in [0, 0.05) is 6.08 Å². The fourth-order valence-corrected chi connectivity index (χ4v) is 2.94. The maximum absolute atomic E-state index is 12.3. The standard InChI is InChI=1S/C21H24O4/c1-12(2)15-8-7-13(3)20-16(10-15)14(4)9-17(20)18(21(23)25-6)11-19(22)24-5/h7-12H,1-6H3/b18-11+. The monoisotopic (exact) mass is 340 g/mol. The molecule has 0 fully saturated rings. The van der Waals surface area contributed by atoms with Crippen LogP contribution in [0.2, 0.25) is 0 Å². The normalized spacial score (nSPS) is 11.7. The average Bonchev–Trinajstić information content (AvgIpc) is 2.79. The van der Waals surface area contributed by atoms with Crippen molar-refractivity contribution in [3.05, 3.63) is 52.6 Å². The first-order valence-corrected chi connectivity index (χ1v) is 8.22. The average molecular weight is 340 g/mol. The van der Waals surface area contributed by atoms with E-state index in [9.17, 15) is 9.59 Å². The van der Waals surface area contributed by atoms with Crippen molar-refractivity contribution < 1.29 is 19.1 Å². The largest absolute Gasteiger partial charge is 0.466 e. The Bertz CT molecular complexity index is 815. The van der Waals surface area contributed by atoms with Gasteiger partial charge in [-0.25, -0.2) is 9.59 Å². The molecule has 0 aliphatic heterocycles. The molecule has 0 saturated heterocycles. The molecule has 0 amide bonds. The van der Waals surface area contributed by atoms with Gasteiger partial charge in [0.15, 0.2) is 0 Å². The van der Waals surface area contributed by atoms with E-state index < -0.39 is 11.9 Å². The summed E-state index contributed by atoms with van der Waals surface area (Å²) in [7, 11) is 2.58. The fourth-order valence-electron chi connectivity index (χ4n) is 2.94. The van der Waals surface area contributed by atoms with E-state index in [4.69, 9.17) is 9.47 Å². The van der Waals surface area contributed by atoms with Crippen LogP contribution in [-0.4, -0.2) is 26.2 Å². The van der Waals surface area contributed by atoms with Crippen molar-refractivity contribution in [3.8, 4) is 11.1 Å². The zero-order chi connectivity index (χ0) is 18.7. The summed E-state index contributed by atoms with van der Waals surface area (Å²) in [5, 5.41) is 0. The van der Waals surface area contributed by atoms with Crippen LogP contribution in [0.4, 0.5) is 0 Å². The summed E-state index contributed by atoms with van der Waals surface area (Å²) in [6.07, 6.45) is 1.19. The highest BCUT2D eigenvalue weighted by Crippen LogP contribution is 2.39. The summed E-state index contributed by atoms with van der Waals surface area (Å²) in [5.41, 5.74) is 6.21. The fraction of sp³-hybridized carbons (Fsp3) is 0.333.